The second kappa shape index (κ2) is 8.51. The third kappa shape index (κ3) is 4.67. The van der Waals surface area contributed by atoms with Crippen molar-refractivity contribution in [3.05, 3.63) is 66.1 Å². The lowest BCUT2D eigenvalue weighted by Crippen LogP contribution is -2.41. The highest BCUT2D eigenvalue weighted by atomic mass is 19.1. The number of halogens is 1. The van der Waals surface area contributed by atoms with E-state index in [4.69, 9.17) is 0 Å². The first-order valence-corrected chi connectivity index (χ1v) is 9.89. The van der Waals surface area contributed by atoms with Gasteiger partial charge in [0.15, 0.2) is 5.82 Å². The number of carbonyl (C=O) groups is 1. The van der Waals surface area contributed by atoms with Crippen LogP contribution in [-0.2, 0) is 24.7 Å². The maximum Gasteiger partial charge on any atom is 0.226 e. The molecule has 7 heteroatoms. The van der Waals surface area contributed by atoms with E-state index in [1.807, 2.05) is 28.8 Å². The van der Waals surface area contributed by atoms with Crippen molar-refractivity contribution >= 4 is 5.91 Å². The summed E-state index contributed by atoms with van der Waals surface area (Å²) in [6.45, 7) is 1.50. The summed E-state index contributed by atoms with van der Waals surface area (Å²) in [5, 5.41) is 0. The van der Waals surface area contributed by atoms with E-state index < -0.39 is 0 Å². The minimum Gasteiger partial charge on any atom is -0.342 e. The summed E-state index contributed by atoms with van der Waals surface area (Å²) in [6.07, 6.45) is 8.40. The van der Waals surface area contributed by atoms with E-state index in [1.54, 1.807) is 24.7 Å². The molecule has 1 atom stereocenters. The normalized spacial score (nSPS) is 16.8. The molecule has 0 N–H and O–H groups in total. The zero-order chi connectivity index (χ0) is 20.2. The summed E-state index contributed by atoms with van der Waals surface area (Å²) >= 11 is 0. The number of hydrogen-bond donors (Lipinski definition) is 0. The highest BCUT2D eigenvalue weighted by molar-refractivity contribution is 5.78. The van der Waals surface area contributed by atoms with Crippen LogP contribution >= 0.6 is 0 Å². The van der Waals surface area contributed by atoms with Crippen LogP contribution in [-0.4, -0.2) is 43.4 Å². The summed E-state index contributed by atoms with van der Waals surface area (Å²) in [7, 11) is 1.94. The van der Waals surface area contributed by atoms with Gasteiger partial charge in [-0.3, -0.25) is 4.79 Å². The molecule has 3 aromatic rings. The second-order valence-electron chi connectivity index (χ2n) is 7.61. The predicted molar refractivity (Wildman–Crippen MR) is 107 cm³/mol. The van der Waals surface area contributed by atoms with E-state index in [2.05, 4.69) is 15.0 Å². The fourth-order valence-corrected chi connectivity index (χ4v) is 3.89. The number of amides is 1. The molecule has 2 aromatic heterocycles. The van der Waals surface area contributed by atoms with Crippen molar-refractivity contribution in [1.29, 1.82) is 0 Å². The Kier molecular flexibility index (Phi) is 5.64. The molecule has 3 heterocycles. The van der Waals surface area contributed by atoms with Gasteiger partial charge in [-0.1, -0.05) is 12.1 Å². The fourth-order valence-electron chi connectivity index (χ4n) is 3.89. The van der Waals surface area contributed by atoms with Gasteiger partial charge >= 0.3 is 0 Å². The first-order valence-electron chi connectivity index (χ1n) is 9.89. The Morgan fingerprint density at radius 2 is 2.03 bits per heavy atom. The standard InChI is InChI=1S/C22H24FN5O/c1-27-10-8-24-22(27)20-13-19(25-15-26-20)11-17-3-2-9-28(14-17)21(29)12-16-4-6-18(23)7-5-16/h4-8,10,13,15,17H,2-3,9,11-12,14H2,1H3/t17-/m1/s1. The van der Waals surface area contributed by atoms with Crippen molar-refractivity contribution in [2.24, 2.45) is 13.0 Å². The zero-order valence-electron chi connectivity index (χ0n) is 16.5. The summed E-state index contributed by atoms with van der Waals surface area (Å²) in [5.41, 5.74) is 2.62. The van der Waals surface area contributed by atoms with Crippen molar-refractivity contribution in [2.75, 3.05) is 13.1 Å². The number of likely N-dealkylation sites (tertiary alicyclic amines) is 1. The van der Waals surface area contributed by atoms with Gasteiger partial charge in [0.1, 0.15) is 17.8 Å². The van der Waals surface area contributed by atoms with Crippen LogP contribution in [0.3, 0.4) is 0 Å². The van der Waals surface area contributed by atoms with Crippen molar-refractivity contribution in [1.82, 2.24) is 24.4 Å². The first-order chi connectivity index (χ1) is 14.1. The van der Waals surface area contributed by atoms with Crippen LogP contribution in [0.1, 0.15) is 24.1 Å². The molecule has 0 radical (unpaired) electrons. The number of piperidine rings is 1. The van der Waals surface area contributed by atoms with Gasteiger partial charge in [-0.2, -0.15) is 0 Å². The number of rotatable bonds is 5. The number of carbonyl (C=O) groups excluding carboxylic acids is 1. The van der Waals surface area contributed by atoms with Crippen molar-refractivity contribution < 1.29 is 9.18 Å². The van der Waals surface area contributed by atoms with E-state index >= 15 is 0 Å². The Balaban J connectivity index is 1.39. The smallest absolute Gasteiger partial charge is 0.226 e. The highest BCUT2D eigenvalue weighted by Gasteiger charge is 2.24. The monoisotopic (exact) mass is 393 g/mol. The van der Waals surface area contributed by atoms with E-state index in [0.29, 0.717) is 12.3 Å². The van der Waals surface area contributed by atoms with Gasteiger partial charge in [-0.15, -0.1) is 0 Å². The largest absolute Gasteiger partial charge is 0.342 e. The zero-order valence-corrected chi connectivity index (χ0v) is 16.5. The van der Waals surface area contributed by atoms with E-state index in [-0.39, 0.29) is 11.7 Å². The summed E-state index contributed by atoms with van der Waals surface area (Å²) < 4.78 is 15.0. The molecule has 4 rings (SSSR count). The van der Waals surface area contributed by atoms with Crippen molar-refractivity contribution in [2.45, 2.75) is 25.7 Å². The minimum atomic E-state index is -0.283. The van der Waals surface area contributed by atoms with E-state index in [1.165, 1.54) is 12.1 Å². The number of hydrogen-bond acceptors (Lipinski definition) is 4. The molecule has 29 heavy (non-hydrogen) atoms. The molecule has 1 aliphatic heterocycles. The number of aromatic nitrogens is 4. The molecule has 1 saturated heterocycles. The minimum absolute atomic E-state index is 0.0951. The summed E-state index contributed by atoms with van der Waals surface area (Å²) in [5.74, 6) is 0.991. The third-order valence-corrected chi connectivity index (χ3v) is 5.41. The quantitative estimate of drug-likeness (QED) is 0.668. The van der Waals surface area contributed by atoms with Gasteiger partial charge in [0.05, 0.1) is 6.42 Å². The molecule has 0 spiro atoms. The molecular weight excluding hydrogens is 369 g/mol. The lowest BCUT2D eigenvalue weighted by molar-refractivity contribution is -0.132. The number of imidazole rings is 1. The lowest BCUT2D eigenvalue weighted by atomic mass is 9.92. The number of benzene rings is 1. The topological polar surface area (TPSA) is 63.9 Å². The maximum absolute atomic E-state index is 13.1. The van der Waals surface area contributed by atoms with Crippen LogP contribution in [0.15, 0.2) is 49.1 Å². The van der Waals surface area contributed by atoms with Gasteiger partial charge in [0.25, 0.3) is 0 Å². The van der Waals surface area contributed by atoms with Crippen LogP contribution in [0.25, 0.3) is 11.5 Å². The lowest BCUT2D eigenvalue weighted by Gasteiger charge is -2.33. The van der Waals surface area contributed by atoms with Crippen molar-refractivity contribution in [3.8, 4) is 11.5 Å². The Labute approximate surface area is 169 Å². The van der Waals surface area contributed by atoms with Crippen LogP contribution < -0.4 is 0 Å². The first kappa shape index (κ1) is 19.2. The molecular formula is C22H24FN5O. The highest BCUT2D eigenvalue weighted by Crippen LogP contribution is 2.22. The molecule has 1 amide bonds. The maximum atomic E-state index is 13.1. The SMILES string of the molecule is Cn1ccnc1-c1cc(C[C@H]2CCCN(C(=O)Cc3ccc(F)cc3)C2)ncn1. The number of nitrogens with zero attached hydrogens (tertiary/aromatic N) is 5. The Morgan fingerprint density at radius 3 is 2.79 bits per heavy atom. The molecule has 0 aliphatic carbocycles. The van der Waals surface area contributed by atoms with Gasteiger partial charge in [0, 0.05) is 38.2 Å². The Bertz CT molecular complexity index is 985. The second-order valence-corrected chi connectivity index (χ2v) is 7.61. The summed E-state index contributed by atoms with van der Waals surface area (Å²) in [4.78, 5) is 27.8. The average molecular weight is 393 g/mol. The van der Waals surface area contributed by atoms with Crippen LogP contribution in [0, 0.1) is 11.7 Å². The molecule has 0 unspecified atom stereocenters. The molecule has 0 saturated carbocycles. The molecule has 0 bridgehead atoms. The number of aryl methyl sites for hydroxylation is 1. The Morgan fingerprint density at radius 1 is 1.21 bits per heavy atom. The molecule has 1 fully saturated rings. The Hall–Kier alpha value is -3.09. The van der Waals surface area contributed by atoms with Crippen LogP contribution in [0.2, 0.25) is 0 Å². The van der Waals surface area contributed by atoms with E-state index in [9.17, 15) is 9.18 Å². The van der Waals surface area contributed by atoms with E-state index in [0.717, 1.165) is 55.1 Å². The van der Waals surface area contributed by atoms with Gasteiger partial charge in [-0.05, 0) is 48.9 Å². The average Bonchev–Trinajstić information content (AvgIpc) is 3.16. The predicted octanol–water partition coefficient (Wildman–Crippen LogP) is 3.04. The molecule has 6 nitrogen and oxygen atoms in total. The summed E-state index contributed by atoms with van der Waals surface area (Å²) in [6, 6.07) is 8.14. The van der Waals surface area contributed by atoms with Gasteiger partial charge in [0.2, 0.25) is 5.91 Å². The van der Waals surface area contributed by atoms with Gasteiger partial charge in [-0.25, -0.2) is 19.3 Å². The molecule has 150 valence electrons. The molecule has 1 aromatic carbocycles. The van der Waals surface area contributed by atoms with Crippen LogP contribution in [0.4, 0.5) is 4.39 Å². The fraction of sp³-hybridized carbons (Fsp3) is 0.364. The van der Waals surface area contributed by atoms with Crippen LogP contribution in [0.5, 0.6) is 0 Å². The van der Waals surface area contributed by atoms with Gasteiger partial charge < -0.3 is 9.47 Å². The third-order valence-electron chi connectivity index (χ3n) is 5.41. The molecule has 1 aliphatic rings. The van der Waals surface area contributed by atoms with Crippen molar-refractivity contribution in [3.63, 3.8) is 0 Å².